The van der Waals surface area contributed by atoms with Gasteiger partial charge < -0.3 is 15.0 Å². The van der Waals surface area contributed by atoms with Crippen LogP contribution in [0.5, 0.6) is 5.75 Å². The number of rotatable bonds is 7. The SMILES string of the molecule is O=C(COc1ccc(F)cc1Cl)N[C@@H](Cc1ncc[nH]1)c1ccccc1. The van der Waals surface area contributed by atoms with Crippen LogP contribution in [0, 0.1) is 5.82 Å². The Morgan fingerprint density at radius 2 is 2.08 bits per heavy atom. The maximum Gasteiger partial charge on any atom is 0.258 e. The van der Waals surface area contributed by atoms with Gasteiger partial charge in [0, 0.05) is 18.8 Å². The van der Waals surface area contributed by atoms with E-state index in [0.29, 0.717) is 6.42 Å². The summed E-state index contributed by atoms with van der Waals surface area (Å²) in [5, 5.41) is 3.05. The molecule has 0 spiro atoms. The van der Waals surface area contributed by atoms with Crippen LogP contribution >= 0.6 is 11.6 Å². The minimum Gasteiger partial charge on any atom is -0.482 e. The third kappa shape index (κ3) is 4.83. The molecule has 134 valence electrons. The van der Waals surface area contributed by atoms with E-state index < -0.39 is 5.82 Å². The molecule has 7 heteroatoms. The summed E-state index contributed by atoms with van der Waals surface area (Å²) in [6.07, 6.45) is 3.91. The maximum absolute atomic E-state index is 13.1. The molecular formula is C19H17ClFN3O2. The topological polar surface area (TPSA) is 67.0 Å². The zero-order valence-electron chi connectivity index (χ0n) is 13.8. The number of nitrogens with zero attached hydrogens (tertiary/aromatic N) is 1. The van der Waals surface area contributed by atoms with Gasteiger partial charge in [-0.25, -0.2) is 9.37 Å². The fourth-order valence-corrected chi connectivity index (χ4v) is 2.73. The summed E-state index contributed by atoms with van der Waals surface area (Å²) in [6, 6.07) is 13.1. The number of carbonyl (C=O) groups is 1. The average Bonchev–Trinajstić information content (AvgIpc) is 3.14. The Labute approximate surface area is 155 Å². The molecule has 0 unspecified atom stereocenters. The van der Waals surface area contributed by atoms with Gasteiger partial charge in [-0.2, -0.15) is 0 Å². The molecule has 0 aliphatic heterocycles. The van der Waals surface area contributed by atoms with E-state index in [0.717, 1.165) is 17.5 Å². The van der Waals surface area contributed by atoms with E-state index in [-0.39, 0.29) is 29.3 Å². The highest BCUT2D eigenvalue weighted by molar-refractivity contribution is 6.32. The van der Waals surface area contributed by atoms with Crippen molar-refractivity contribution in [3.8, 4) is 5.75 Å². The summed E-state index contributed by atoms with van der Waals surface area (Å²) in [6.45, 7) is -0.229. The average molecular weight is 374 g/mol. The highest BCUT2D eigenvalue weighted by Gasteiger charge is 2.17. The van der Waals surface area contributed by atoms with Crippen LogP contribution in [0.15, 0.2) is 60.9 Å². The number of amides is 1. The maximum atomic E-state index is 13.1. The molecule has 2 N–H and O–H groups in total. The summed E-state index contributed by atoms with van der Waals surface area (Å²) < 4.78 is 18.4. The Morgan fingerprint density at radius 1 is 1.27 bits per heavy atom. The van der Waals surface area contributed by atoms with Crippen molar-refractivity contribution in [2.24, 2.45) is 0 Å². The molecule has 1 heterocycles. The Morgan fingerprint density at radius 3 is 2.77 bits per heavy atom. The standard InChI is InChI=1S/C19H17ClFN3O2/c20-15-10-14(21)6-7-17(15)26-12-19(25)24-16(11-18-22-8-9-23-18)13-4-2-1-3-5-13/h1-10,16H,11-12H2,(H,22,23)(H,24,25)/t16-/m0/s1. The van der Waals surface area contributed by atoms with Gasteiger partial charge in [0.05, 0.1) is 11.1 Å². The molecule has 1 amide bonds. The van der Waals surface area contributed by atoms with Gasteiger partial charge in [-0.1, -0.05) is 41.9 Å². The van der Waals surface area contributed by atoms with E-state index in [4.69, 9.17) is 16.3 Å². The first-order chi connectivity index (χ1) is 12.6. The minimum absolute atomic E-state index is 0.119. The van der Waals surface area contributed by atoms with Crippen molar-refractivity contribution < 1.29 is 13.9 Å². The molecule has 3 rings (SSSR count). The van der Waals surface area contributed by atoms with E-state index in [2.05, 4.69) is 15.3 Å². The second-order valence-corrected chi connectivity index (χ2v) is 6.04. The number of nitrogens with one attached hydrogen (secondary N) is 2. The van der Waals surface area contributed by atoms with Crippen LogP contribution in [-0.4, -0.2) is 22.5 Å². The van der Waals surface area contributed by atoms with E-state index in [1.807, 2.05) is 30.3 Å². The van der Waals surface area contributed by atoms with E-state index in [1.165, 1.54) is 12.1 Å². The lowest BCUT2D eigenvalue weighted by molar-refractivity contribution is -0.123. The molecule has 26 heavy (non-hydrogen) atoms. The predicted octanol–water partition coefficient (Wildman–Crippen LogP) is 3.68. The Kier molecular flexibility index (Phi) is 5.86. The van der Waals surface area contributed by atoms with Crippen LogP contribution in [0.2, 0.25) is 5.02 Å². The molecule has 1 aromatic heterocycles. The largest absolute Gasteiger partial charge is 0.482 e. The lowest BCUT2D eigenvalue weighted by atomic mass is 10.0. The Balaban J connectivity index is 1.65. The number of benzene rings is 2. The van der Waals surface area contributed by atoms with Gasteiger partial charge in [-0.3, -0.25) is 4.79 Å². The lowest BCUT2D eigenvalue weighted by Crippen LogP contribution is -2.34. The molecule has 2 aromatic carbocycles. The summed E-state index contributed by atoms with van der Waals surface area (Å²) in [7, 11) is 0. The van der Waals surface area contributed by atoms with E-state index >= 15 is 0 Å². The number of H-pyrrole nitrogens is 1. The second-order valence-electron chi connectivity index (χ2n) is 5.63. The van der Waals surface area contributed by atoms with Gasteiger partial charge in [-0.15, -0.1) is 0 Å². The Bertz CT molecular complexity index is 856. The molecule has 1 atom stereocenters. The number of imidazole rings is 1. The first kappa shape index (κ1) is 17.9. The third-order valence-corrected chi connectivity index (χ3v) is 4.04. The number of aromatic nitrogens is 2. The molecule has 0 bridgehead atoms. The fourth-order valence-electron chi connectivity index (χ4n) is 2.51. The van der Waals surface area contributed by atoms with Crippen molar-refractivity contribution in [2.45, 2.75) is 12.5 Å². The minimum atomic E-state index is -0.464. The zero-order chi connectivity index (χ0) is 18.4. The van der Waals surface area contributed by atoms with Gasteiger partial charge in [0.1, 0.15) is 17.4 Å². The van der Waals surface area contributed by atoms with Gasteiger partial charge >= 0.3 is 0 Å². The number of aromatic amines is 1. The number of ether oxygens (including phenoxy) is 1. The van der Waals surface area contributed by atoms with E-state index in [1.54, 1.807) is 12.4 Å². The van der Waals surface area contributed by atoms with Crippen molar-refractivity contribution in [3.63, 3.8) is 0 Å². The van der Waals surface area contributed by atoms with Crippen LogP contribution in [0.1, 0.15) is 17.4 Å². The number of halogens is 2. The highest BCUT2D eigenvalue weighted by Crippen LogP contribution is 2.24. The van der Waals surface area contributed by atoms with E-state index in [9.17, 15) is 9.18 Å². The molecular weight excluding hydrogens is 357 g/mol. The normalized spacial score (nSPS) is 11.8. The van der Waals surface area contributed by atoms with Crippen LogP contribution in [0.3, 0.4) is 0 Å². The molecule has 5 nitrogen and oxygen atoms in total. The molecule has 0 saturated carbocycles. The summed E-state index contributed by atoms with van der Waals surface area (Å²) in [4.78, 5) is 19.6. The van der Waals surface area contributed by atoms with Gasteiger partial charge in [0.15, 0.2) is 6.61 Å². The summed E-state index contributed by atoms with van der Waals surface area (Å²) >= 11 is 5.90. The van der Waals surface area contributed by atoms with Gasteiger partial charge in [-0.05, 0) is 23.8 Å². The fraction of sp³-hybridized carbons (Fsp3) is 0.158. The zero-order valence-corrected chi connectivity index (χ0v) is 14.5. The molecule has 0 saturated heterocycles. The molecule has 0 aliphatic rings. The third-order valence-electron chi connectivity index (χ3n) is 3.74. The first-order valence-electron chi connectivity index (χ1n) is 8.02. The second kappa shape index (κ2) is 8.49. The van der Waals surface area contributed by atoms with Crippen LogP contribution < -0.4 is 10.1 Å². The molecule has 3 aromatic rings. The van der Waals surface area contributed by atoms with Gasteiger partial charge in [0.2, 0.25) is 0 Å². The monoisotopic (exact) mass is 373 g/mol. The van der Waals surface area contributed by atoms with Crippen molar-refractivity contribution in [2.75, 3.05) is 6.61 Å². The van der Waals surface area contributed by atoms with Crippen molar-refractivity contribution >= 4 is 17.5 Å². The van der Waals surface area contributed by atoms with Crippen LogP contribution in [0.25, 0.3) is 0 Å². The van der Waals surface area contributed by atoms with Crippen molar-refractivity contribution in [1.29, 1.82) is 0 Å². The Hall–Kier alpha value is -2.86. The number of hydrogen-bond acceptors (Lipinski definition) is 3. The molecule has 0 fully saturated rings. The van der Waals surface area contributed by atoms with Crippen LogP contribution in [0.4, 0.5) is 4.39 Å². The highest BCUT2D eigenvalue weighted by atomic mass is 35.5. The quantitative estimate of drug-likeness (QED) is 0.664. The number of hydrogen-bond donors (Lipinski definition) is 2. The van der Waals surface area contributed by atoms with Crippen LogP contribution in [-0.2, 0) is 11.2 Å². The predicted molar refractivity (Wildman–Crippen MR) is 96.5 cm³/mol. The van der Waals surface area contributed by atoms with Crippen molar-refractivity contribution in [1.82, 2.24) is 15.3 Å². The smallest absolute Gasteiger partial charge is 0.258 e. The molecule has 0 aliphatic carbocycles. The van der Waals surface area contributed by atoms with Gasteiger partial charge in [0.25, 0.3) is 5.91 Å². The lowest BCUT2D eigenvalue weighted by Gasteiger charge is -2.18. The number of carbonyl (C=O) groups excluding carboxylic acids is 1. The first-order valence-corrected chi connectivity index (χ1v) is 8.40. The van der Waals surface area contributed by atoms with Crippen molar-refractivity contribution in [3.05, 3.63) is 83.2 Å². The summed E-state index contributed by atoms with van der Waals surface area (Å²) in [5.41, 5.74) is 0.956. The molecule has 0 radical (unpaired) electrons. The summed E-state index contributed by atoms with van der Waals surface area (Å²) in [5.74, 6) is 0.243.